The second-order valence-electron chi connectivity index (χ2n) is 5.04. The van der Waals surface area contributed by atoms with E-state index in [-0.39, 0.29) is 6.04 Å². The van der Waals surface area contributed by atoms with Crippen molar-refractivity contribution in [2.75, 3.05) is 0 Å². The van der Waals surface area contributed by atoms with Gasteiger partial charge in [0.25, 0.3) is 0 Å². The van der Waals surface area contributed by atoms with Crippen molar-refractivity contribution in [3.63, 3.8) is 0 Å². The third kappa shape index (κ3) is 2.61. The van der Waals surface area contributed by atoms with Crippen molar-refractivity contribution in [3.8, 4) is 0 Å². The minimum absolute atomic E-state index is 0.109. The molecule has 0 radical (unpaired) electrons. The largest absolute Gasteiger partial charge is 0.452 e. The molecule has 1 heterocycles. The lowest BCUT2D eigenvalue weighted by Crippen LogP contribution is -2.28. The molecule has 0 spiro atoms. The Morgan fingerprint density at radius 2 is 1.89 bits per heavy atom. The van der Waals surface area contributed by atoms with Crippen molar-refractivity contribution in [1.82, 2.24) is 5.43 Å². The maximum absolute atomic E-state index is 5.66. The maximum atomic E-state index is 5.66. The normalized spacial score (nSPS) is 17.2. The van der Waals surface area contributed by atoms with E-state index < -0.39 is 0 Å². The fourth-order valence-corrected chi connectivity index (χ4v) is 2.85. The van der Waals surface area contributed by atoms with Crippen LogP contribution in [0, 0.1) is 0 Å². The number of nitrogens with one attached hydrogen (secondary N) is 1. The van der Waals surface area contributed by atoms with Crippen LogP contribution < -0.4 is 11.3 Å². The maximum Gasteiger partial charge on any atom is 0.169 e. The van der Waals surface area contributed by atoms with E-state index >= 15 is 0 Å². The van der Waals surface area contributed by atoms with Crippen molar-refractivity contribution in [1.29, 1.82) is 0 Å². The molecule has 3 N–H and O–H groups in total. The van der Waals surface area contributed by atoms with Crippen LogP contribution in [0.15, 0.2) is 45.5 Å². The molecule has 1 fully saturated rings. The van der Waals surface area contributed by atoms with Gasteiger partial charge in [0.1, 0.15) is 11.8 Å². The molecule has 4 heteroatoms. The first-order valence-corrected chi connectivity index (χ1v) is 7.38. The Morgan fingerprint density at radius 3 is 2.37 bits per heavy atom. The van der Waals surface area contributed by atoms with Crippen LogP contribution in [-0.2, 0) is 0 Å². The molecule has 1 aromatic carbocycles. The molecule has 0 bridgehead atoms. The molecule has 1 aromatic heterocycles. The van der Waals surface area contributed by atoms with Crippen LogP contribution in [0.3, 0.4) is 0 Å². The molecule has 1 atom stereocenters. The molecule has 1 aliphatic rings. The van der Waals surface area contributed by atoms with E-state index in [9.17, 15) is 0 Å². The van der Waals surface area contributed by atoms with Crippen LogP contribution in [0.4, 0.5) is 0 Å². The third-order valence-corrected chi connectivity index (χ3v) is 4.32. The fraction of sp³-hybridized carbons (Fsp3) is 0.333. The number of halogens is 1. The average Bonchev–Trinajstić information content (AvgIpc) is 2.77. The lowest BCUT2D eigenvalue weighted by atomic mass is 9.80. The summed E-state index contributed by atoms with van der Waals surface area (Å²) >= 11 is 3.31. The summed E-state index contributed by atoms with van der Waals surface area (Å²) in [5.74, 6) is 7.23. The molecule has 0 saturated heterocycles. The first-order chi connectivity index (χ1) is 9.28. The molecule has 3 rings (SSSR count). The zero-order chi connectivity index (χ0) is 13.2. The van der Waals surface area contributed by atoms with Gasteiger partial charge in [-0.15, -0.1) is 0 Å². The molecule has 3 nitrogen and oxygen atoms in total. The summed E-state index contributed by atoms with van der Waals surface area (Å²) in [5, 5.41) is 0. The number of hydrogen-bond acceptors (Lipinski definition) is 3. The van der Waals surface area contributed by atoms with Gasteiger partial charge in [-0.1, -0.05) is 30.7 Å². The van der Waals surface area contributed by atoms with Gasteiger partial charge in [-0.25, -0.2) is 5.43 Å². The van der Waals surface area contributed by atoms with E-state index in [4.69, 9.17) is 10.3 Å². The van der Waals surface area contributed by atoms with Gasteiger partial charge in [0.2, 0.25) is 0 Å². The van der Waals surface area contributed by atoms with E-state index in [1.807, 2.05) is 12.1 Å². The van der Waals surface area contributed by atoms with Gasteiger partial charge in [0.15, 0.2) is 4.67 Å². The minimum Gasteiger partial charge on any atom is -0.452 e. The van der Waals surface area contributed by atoms with Crippen LogP contribution in [-0.4, -0.2) is 0 Å². The van der Waals surface area contributed by atoms with Gasteiger partial charge in [0.05, 0.1) is 0 Å². The predicted molar refractivity (Wildman–Crippen MR) is 78.6 cm³/mol. The summed E-state index contributed by atoms with van der Waals surface area (Å²) in [4.78, 5) is 0. The molecule has 1 unspecified atom stereocenters. The monoisotopic (exact) mass is 320 g/mol. The lowest BCUT2D eigenvalue weighted by molar-refractivity contribution is 0.419. The van der Waals surface area contributed by atoms with Crippen molar-refractivity contribution >= 4 is 15.9 Å². The molecule has 0 amide bonds. The van der Waals surface area contributed by atoms with Gasteiger partial charge in [0, 0.05) is 0 Å². The summed E-state index contributed by atoms with van der Waals surface area (Å²) < 4.78 is 6.29. The SMILES string of the molecule is NNC(c1ccc(C2CCC2)cc1)c1ccc(Br)o1. The predicted octanol–water partition coefficient (Wildman–Crippen LogP) is 3.86. The Bertz CT molecular complexity index is 546. The van der Waals surface area contributed by atoms with Crippen molar-refractivity contribution < 1.29 is 4.42 Å². The van der Waals surface area contributed by atoms with E-state index in [1.165, 1.54) is 24.8 Å². The van der Waals surface area contributed by atoms with Gasteiger partial charge in [-0.3, -0.25) is 5.84 Å². The number of hydrazine groups is 1. The number of benzene rings is 1. The second kappa shape index (κ2) is 5.49. The number of nitrogens with two attached hydrogens (primary N) is 1. The molecule has 1 aliphatic carbocycles. The quantitative estimate of drug-likeness (QED) is 0.664. The Balaban J connectivity index is 1.83. The van der Waals surface area contributed by atoms with Gasteiger partial charge < -0.3 is 4.42 Å². The van der Waals surface area contributed by atoms with Crippen molar-refractivity contribution in [3.05, 3.63) is 58.0 Å². The average molecular weight is 321 g/mol. The highest BCUT2D eigenvalue weighted by molar-refractivity contribution is 9.10. The molecular weight excluding hydrogens is 304 g/mol. The van der Waals surface area contributed by atoms with Crippen molar-refractivity contribution in [2.45, 2.75) is 31.2 Å². The summed E-state index contributed by atoms with van der Waals surface area (Å²) in [5.41, 5.74) is 5.36. The highest BCUT2D eigenvalue weighted by atomic mass is 79.9. The molecule has 2 aromatic rings. The van der Waals surface area contributed by atoms with E-state index in [1.54, 1.807) is 0 Å². The molecule has 1 saturated carbocycles. The zero-order valence-corrected chi connectivity index (χ0v) is 12.2. The zero-order valence-electron chi connectivity index (χ0n) is 10.6. The fourth-order valence-electron chi connectivity index (χ4n) is 2.53. The number of rotatable bonds is 4. The van der Waals surface area contributed by atoms with Gasteiger partial charge >= 0.3 is 0 Å². The molecular formula is C15H17BrN2O. The van der Waals surface area contributed by atoms with Crippen LogP contribution >= 0.6 is 15.9 Å². The van der Waals surface area contributed by atoms with Gasteiger partial charge in [-0.05, 0) is 57.9 Å². The lowest BCUT2D eigenvalue weighted by Gasteiger charge is -2.26. The summed E-state index contributed by atoms with van der Waals surface area (Å²) in [6.45, 7) is 0. The number of furan rings is 1. The van der Waals surface area contributed by atoms with E-state index in [0.29, 0.717) is 4.67 Å². The van der Waals surface area contributed by atoms with Crippen LogP contribution in [0.5, 0.6) is 0 Å². The van der Waals surface area contributed by atoms with Crippen molar-refractivity contribution in [2.24, 2.45) is 5.84 Å². The Morgan fingerprint density at radius 1 is 1.16 bits per heavy atom. The summed E-state index contributed by atoms with van der Waals surface area (Å²) in [6.07, 6.45) is 4.01. The second-order valence-corrected chi connectivity index (χ2v) is 5.82. The third-order valence-electron chi connectivity index (χ3n) is 3.89. The standard InChI is InChI=1S/C15H17BrN2O/c16-14-9-8-13(19-14)15(18-17)12-6-4-11(5-7-12)10-2-1-3-10/h4-10,15,18H,1-3,17H2. The highest BCUT2D eigenvalue weighted by Crippen LogP contribution is 2.36. The van der Waals surface area contributed by atoms with Crippen LogP contribution in [0.2, 0.25) is 0 Å². The molecule has 0 aliphatic heterocycles. The number of hydrogen-bond donors (Lipinski definition) is 2. The molecule has 19 heavy (non-hydrogen) atoms. The van der Waals surface area contributed by atoms with E-state index in [2.05, 4.69) is 45.6 Å². The first-order valence-electron chi connectivity index (χ1n) is 6.59. The summed E-state index contributed by atoms with van der Waals surface area (Å²) in [6, 6.07) is 12.4. The Hall–Kier alpha value is -1.10. The summed E-state index contributed by atoms with van der Waals surface area (Å²) in [7, 11) is 0. The molecule has 100 valence electrons. The topological polar surface area (TPSA) is 51.2 Å². The van der Waals surface area contributed by atoms with Crippen LogP contribution in [0.25, 0.3) is 0 Å². The minimum atomic E-state index is -0.109. The Kier molecular flexibility index (Phi) is 3.73. The van der Waals surface area contributed by atoms with E-state index in [0.717, 1.165) is 17.2 Å². The Labute approximate surface area is 121 Å². The van der Waals surface area contributed by atoms with Gasteiger partial charge in [-0.2, -0.15) is 0 Å². The van der Waals surface area contributed by atoms with Crippen LogP contribution in [0.1, 0.15) is 48.1 Å². The first kappa shape index (κ1) is 12.9. The smallest absolute Gasteiger partial charge is 0.169 e. The highest BCUT2D eigenvalue weighted by Gasteiger charge is 2.20.